The third-order valence-corrected chi connectivity index (χ3v) is 6.22. The van der Waals surface area contributed by atoms with Crippen molar-refractivity contribution in [2.45, 2.75) is 43.2 Å². The van der Waals surface area contributed by atoms with E-state index in [0.29, 0.717) is 11.0 Å². The summed E-state index contributed by atoms with van der Waals surface area (Å²) in [6.45, 7) is 2.19. The van der Waals surface area contributed by atoms with Gasteiger partial charge in [0.2, 0.25) is 17.6 Å². The average molecular weight is 414 g/mol. The zero-order valence-corrected chi connectivity index (χ0v) is 15.0. The van der Waals surface area contributed by atoms with Gasteiger partial charge in [-0.25, -0.2) is 9.29 Å². The molecule has 3 saturated heterocycles. The van der Waals surface area contributed by atoms with Gasteiger partial charge >= 0.3 is 6.18 Å². The van der Waals surface area contributed by atoms with Gasteiger partial charge in [0.05, 0.1) is 34.7 Å². The van der Waals surface area contributed by atoms with Gasteiger partial charge in [0.25, 0.3) is 0 Å². The van der Waals surface area contributed by atoms with Crippen LogP contribution >= 0.6 is 0 Å². The zero-order valence-electron chi connectivity index (χ0n) is 15.0. The molecule has 0 aliphatic carbocycles. The Bertz CT molecular complexity index is 1000. The molecular weight excluding hydrogens is 400 g/mol. The predicted molar refractivity (Wildman–Crippen MR) is 85.6 cm³/mol. The van der Waals surface area contributed by atoms with Crippen LogP contribution in [0, 0.1) is 23.2 Å². The fourth-order valence-electron chi connectivity index (χ4n) is 4.81. The van der Waals surface area contributed by atoms with Gasteiger partial charge in [-0.15, -0.1) is 0 Å². The van der Waals surface area contributed by atoms with Crippen molar-refractivity contribution in [2.75, 3.05) is 4.90 Å². The van der Waals surface area contributed by atoms with Gasteiger partial charge in [0.15, 0.2) is 6.17 Å². The monoisotopic (exact) mass is 414 g/mol. The number of nitriles is 1. The number of alkyl halides is 4. The highest BCUT2D eigenvalue weighted by Gasteiger charge is 2.85. The number of imide groups is 1. The number of halogens is 4. The summed E-state index contributed by atoms with van der Waals surface area (Å²) in [5, 5.41) is 29.3. The topological polar surface area (TPSA) is 111 Å². The molecule has 0 saturated carbocycles. The average Bonchev–Trinajstić information content (AvgIpc) is 3.09. The van der Waals surface area contributed by atoms with Gasteiger partial charge < -0.3 is 14.9 Å². The molecule has 1 aromatic carbocycles. The summed E-state index contributed by atoms with van der Waals surface area (Å²) >= 11 is 0. The number of amides is 2. The number of anilines is 1. The lowest BCUT2D eigenvalue weighted by atomic mass is 9.65. The fraction of sp³-hybridized carbons (Fsp3) is 0.500. The maximum atomic E-state index is 14.7. The van der Waals surface area contributed by atoms with Gasteiger partial charge in [0, 0.05) is 0 Å². The van der Waals surface area contributed by atoms with Crippen LogP contribution in [0.25, 0.3) is 0 Å². The Kier molecular flexibility index (Phi) is 3.63. The largest absolute Gasteiger partial charge is 0.417 e. The number of ether oxygens (including phenoxy) is 1. The minimum Gasteiger partial charge on any atom is -0.361 e. The number of carbonyl (C=O) groups excluding carboxylic acids is 2. The van der Waals surface area contributed by atoms with Crippen LogP contribution in [0.1, 0.15) is 25.0 Å². The molecule has 7 nitrogen and oxygen atoms in total. The first-order valence-electron chi connectivity index (χ1n) is 8.50. The molecule has 5 atom stereocenters. The molecule has 0 aromatic heterocycles. The summed E-state index contributed by atoms with van der Waals surface area (Å²) in [6.07, 6.45) is -7.34. The Morgan fingerprint density at radius 1 is 1.17 bits per heavy atom. The number of nitrogens with zero attached hydrogens (tertiary/aromatic N) is 2. The Morgan fingerprint density at radius 3 is 2.31 bits per heavy atom. The number of hydrogen-bond acceptors (Lipinski definition) is 6. The Labute approximate surface area is 161 Å². The van der Waals surface area contributed by atoms with Crippen LogP contribution in [0.4, 0.5) is 23.2 Å². The number of aliphatic hydroxyl groups is 2. The Hall–Kier alpha value is -2.55. The summed E-state index contributed by atoms with van der Waals surface area (Å²) < 4.78 is 59.9. The third kappa shape index (κ3) is 2.11. The smallest absolute Gasteiger partial charge is 0.361 e. The number of fused-ring (bicyclic) bond motifs is 5. The molecule has 2 bridgehead atoms. The van der Waals surface area contributed by atoms with Crippen LogP contribution in [0.5, 0.6) is 0 Å². The van der Waals surface area contributed by atoms with Gasteiger partial charge in [-0.05, 0) is 32.0 Å². The summed E-state index contributed by atoms with van der Waals surface area (Å²) in [5.41, 5.74) is -6.72. The van der Waals surface area contributed by atoms with E-state index in [1.165, 1.54) is 6.07 Å². The molecule has 2 amide bonds. The minimum atomic E-state index is -4.92. The van der Waals surface area contributed by atoms with Crippen LogP contribution < -0.4 is 4.90 Å². The van der Waals surface area contributed by atoms with Crippen molar-refractivity contribution in [2.24, 2.45) is 11.8 Å². The van der Waals surface area contributed by atoms with Gasteiger partial charge in [-0.3, -0.25) is 9.59 Å². The van der Waals surface area contributed by atoms with E-state index in [2.05, 4.69) is 0 Å². The first-order chi connectivity index (χ1) is 13.2. The van der Waals surface area contributed by atoms with Crippen LogP contribution in [0.2, 0.25) is 0 Å². The molecule has 3 aliphatic rings. The molecular formula is C18H14F4N2O5. The van der Waals surface area contributed by atoms with E-state index in [-0.39, 0.29) is 0 Å². The molecule has 0 radical (unpaired) electrons. The van der Waals surface area contributed by atoms with E-state index in [1.54, 1.807) is 0 Å². The molecule has 0 spiro atoms. The Morgan fingerprint density at radius 2 is 1.76 bits per heavy atom. The normalized spacial score (nSPS) is 37.8. The highest BCUT2D eigenvalue weighted by atomic mass is 19.4. The second-order valence-electron chi connectivity index (χ2n) is 7.79. The molecule has 11 heteroatoms. The maximum absolute atomic E-state index is 14.7. The van der Waals surface area contributed by atoms with Crippen LogP contribution in [-0.4, -0.2) is 45.2 Å². The van der Waals surface area contributed by atoms with Crippen molar-refractivity contribution >= 4 is 17.5 Å². The van der Waals surface area contributed by atoms with Gasteiger partial charge in [-0.2, -0.15) is 18.4 Å². The molecule has 3 aliphatic heterocycles. The van der Waals surface area contributed by atoms with Crippen molar-refractivity contribution in [1.82, 2.24) is 0 Å². The number of carbonyl (C=O) groups is 2. The fourth-order valence-corrected chi connectivity index (χ4v) is 4.81. The first kappa shape index (κ1) is 19.8. The number of hydrogen-bond donors (Lipinski definition) is 2. The van der Waals surface area contributed by atoms with E-state index in [0.717, 1.165) is 26.0 Å². The second-order valence-corrected chi connectivity index (χ2v) is 7.79. The second kappa shape index (κ2) is 5.33. The quantitative estimate of drug-likeness (QED) is 0.407. The molecule has 3 heterocycles. The molecule has 2 N–H and O–H groups in total. The van der Waals surface area contributed by atoms with E-state index in [4.69, 9.17) is 10.00 Å². The molecule has 154 valence electrons. The van der Waals surface area contributed by atoms with Crippen LogP contribution in [0.3, 0.4) is 0 Å². The van der Waals surface area contributed by atoms with E-state index < -0.39 is 69.8 Å². The molecule has 3 unspecified atom stereocenters. The highest BCUT2D eigenvalue weighted by molar-refractivity contribution is 6.23. The van der Waals surface area contributed by atoms with E-state index in [9.17, 15) is 37.4 Å². The summed E-state index contributed by atoms with van der Waals surface area (Å²) in [7, 11) is 0. The lowest BCUT2D eigenvalue weighted by Gasteiger charge is -2.40. The Balaban J connectivity index is 1.84. The van der Waals surface area contributed by atoms with Crippen molar-refractivity contribution in [3.63, 3.8) is 0 Å². The minimum absolute atomic E-state index is 0.454. The number of rotatable bonds is 1. The molecule has 29 heavy (non-hydrogen) atoms. The summed E-state index contributed by atoms with van der Waals surface area (Å²) in [5.74, 6) is -8.08. The van der Waals surface area contributed by atoms with Crippen molar-refractivity contribution in [1.29, 1.82) is 5.26 Å². The SMILES string of the molecule is CC12OC(C)([C@@H]3C(=O)N(c4ccc(C#N)c(C(F)(F)F)c4)C(=O)C31)C(O)(O)[C@H]2F. The standard InChI is InChI=1S/C18H14F4N2O5/c1-15-10-11(16(2,29-15)17(27,28)14(15)19)13(26)24(12(10)25)8-4-3-7(6-23)9(5-8)18(20,21)22/h3-5,10-11,14,27-28H,1-2H3/t10?,11-,14-,15?,16?/m0/s1. The molecule has 1 aromatic rings. The van der Waals surface area contributed by atoms with Crippen LogP contribution in [0.15, 0.2) is 18.2 Å². The van der Waals surface area contributed by atoms with Crippen molar-refractivity contribution < 1.29 is 42.1 Å². The maximum Gasteiger partial charge on any atom is 0.417 e. The van der Waals surface area contributed by atoms with E-state index in [1.807, 2.05) is 0 Å². The van der Waals surface area contributed by atoms with Crippen LogP contribution in [-0.2, 0) is 20.5 Å². The molecule has 4 rings (SSSR count). The first-order valence-corrected chi connectivity index (χ1v) is 8.50. The van der Waals surface area contributed by atoms with Crippen molar-refractivity contribution in [3.8, 4) is 6.07 Å². The third-order valence-electron chi connectivity index (χ3n) is 6.22. The summed E-state index contributed by atoms with van der Waals surface area (Å²) in [4.78, 5) is 26.4. The summed E-state index contributed by atoms with van der Waals surface area (Å²) in [6, 6.07) is 3.70. The predicted octanol–water partition coefficient (Wildman–Crippen LogP) is 1.26. The zero-order chi connectivity index (χ0) is 21.7. The van der Waals surface area contributed by atoms with Gasteiger partial charge in [0.1, 0.15) is 11.2 Å². The lowest BCUT2D eigenvalue weighted by Crippen LogP contribution is -2.64. The highest BCUT2D eigenvalue weighted by Crippen LogP contribution is 2.64. The van der Waals surface area contributed by atoms with Crippen molar-refractivity contribution in [3.05, 3.63) is 29.3 Å². The van der Waals surface area contributed by atoms with E-state index >= 15 is 0 Å². The lowest BCUT2D eigenvalue weighted by molar-refractivity contribution is -0.266. The number of benzene rings is 1. The molecule has 3 fully saturated rings. The van der Waals surface area contributed by atoms with Gasteiger partial charge in [-0.1, -0.05) is 0 Å².